The van der Waals surface area contributed by atoms with Crippen LogP contribution in [0.15, 0.2) is 12.1 Å². The summed E-state index contributed by atoms with van der Waals surface area (Å²) >= 11 is 1.35. The molecule has 1 heterocycles. The van der Waals surface area contributed by atoms with E-state index in [4.69, 9.17) is 11.5 Å². The summed E-state index contributed by atoms with van der Waals surface area (Å²) in [5.41, 5.74) is 12.4. The number of anilines is 1. The van der Waals surface area contributed by atoms with Crippen LogP contribution in [0.2, 0.25) is 0 Å². The van der Waals surface area contributed by atoms with Crippen LogP contribution in [0.25, 0.3) is 10.2 Å². The molecule has 0 radical (unpaired) electrons. The van der Waals surface area contributed by atoms with E-state index in [9.17, 15) is 5.11 Å². The first-order valence-corrected chi connectivity index (χ1v) is 4.60. The lowest BCUT2D eigenvalue weighted by atomic mass is 10.2. The van der Waals surface area contributed by atoms with E-state index in [-0.39, 0.29) is 5.75 Å². The number of fused-ring (bicyclic) bond motifs is 1. The van der Waals surface area contributed by atoms with E-state index >= 15 is 0 Å². The van der Waals surface area contributed by atoms with Crippen LogP contribution in [0.4, 0.5) is 5.13 Å². The Labute approximate surface area is 78.8 Å². The van der Waals surface area contributed by atoms with E-state index in [1.165, 1.54) is 11.3 Å². The van der Waals surface area contributed by atoms with Crippen molar-refractivity contribution in [3.05, 3.63) is 17.7 Å². The topological polar surface area (TPSA) is 85.2 Å². The average molecular weight is 195 g/mol. The van der Waals surface area contributed by atoms with Gasteiger partial charge in [-0.25, -0.2) is 4.98 Å². The van der Waals surface area contributed by atoms with Crippen LogP contribution in [0.1, 0.15) is 5.56 Å². The Morgan fingerprint density at radius 2 is 2.23 bits per heavy atom. The van der Waals surface area contributed by atoms with Gasteiger partial charge in [0.25, 0.3) is 0 Å². The number of hydrogen-bond acceptors (Lipinski definition) is 5. The van der Waals surface area contributed by atoms with Crippen molar-refractivity contribution in [1.29, 1.82) is 0 Å². The van der Waals surface area contributed by atoms with Crippen molar-refractivity contribution in [1.82, 2.24) is 4.98 Å². The number of nitrogens with zero attached hydrogens (tertiary/aromatic N) is 1. The Morgan fingerprint density at radius 3 is 2.92 bits per heavy atom. The van der Waals surface area contributed by atoms with Gasteiger partial charge in [0.05, 0.1) is 10.2 Å². The first-order chi connectivity index (χ1) is 6.20. The van der Waals surface area contributed by atoms with Gasteiger partial charge in [-0.2, -0.15) is 0 Å². The van der Waals surface area contributed by atoms with Crippen molar-refractivity contribution in [3.63, 3.8) is 0 Å². The van der Waals surface area contributed by atoms with Crippen molar-refractivity contribution in [2.24, 2.45) is 5.73 Å². The highest BCUT2D eigenvalue weighted by Gasteiger charge is 2.05. The van der Waals surface area contributed by atoms with Crippen LogP contribution < -0.4 is 11.5 Å². The minimum atomic E-state index is 0.207. The van der Waals surface area contributed by atoms with Gasteiger partial charge in [-0.1, -0.05) is 11.3 Å². The Kier molecular flexibility index (Phi) is 1.82. The molecule has 13 heavy (non-hydrogen) atoms. The molecule has 68 valence electrons. The summed E-state index contributed by atoms with van der Waals surface area (Å²) in [6, 6.07) is 3.41. The largest absolute Gasteiger partial charge is 0.508 e. The Hall–Kier alpha value is -1.33. The fraction of sp³-hybridized carbons (Fsp3) is 0.125. The number of phenolic OH excluding ortho intramolecular Hbond substituents is 1. The maximum Gasteiger partial charge on any atom is 0.181 e. The molecule has 0 aliphatic rings. The third kappa shape index (κ3) is 1.32. The second-order valence-electron chi connectivity index (χ2n) is 2.70. The summed E-state index contributed by atoms with van der Waals surface area (Å²) in [5, 5.41) is 9.98. The molecule has 5 N–H and O–H groups in total. The number of phenols is 1. The lowest BCUT2D eigenvalue weighted by molar-refractivity contribution is 0.469. The SMILES string of the molecule is NCc1cc2nc(N)sc2cc1O. The zero-order valence-corrected chi connectivity index (χ0v) is 7.64. The molecule has 4 nitrogen and oxygen atoms in total. The summed E-state index contributed by atoms with van der Waals surface area (Å²) < 4.78 is 0.882. The molecular weight excluding hydrogens is 186 g/mol. The normalized spacial score (nSPS) is 10.8. The standard InChI is InChI=1S/C8H9N3OS/c9-3-4-1-5-7(2-6(4)12)13-8(10)11-5/h1-2,12H,3,9H2,(H2,10,11). The van der Waals surface area contributed by atoms with Gasteiger partial charge in [0, 0.05) is 12.1 Å². The van der Waals surface area contributed by atoms with Gasteiger partial charge >= 0.3 is 0 Å². The van der Waals surface area contributed by atoms with E-state index in [1.54, 1.807) is 12.1 Å². The second-order valence-corrected chi connectivity index (χ2v) is 3.77. The van der Waals surface area contributed by atoms with Crippen LogP contribution in [-0.2, 0) is 6.54 Å². The van der Waals surface area contributed by atoms with Crippen LogP contribution in [-0.4, -0.2) is 10.1 Å². The highest BCUT2D eigenvalue weighted by molar-refractivity contribution is 7.22. The molecule has 2 rings (SSSR count). The van der Waals surface area contributed by atoms with E-state index in [0.717, 1.165) is 10.2 Å². The minimum Gasteiger partial charge on any atom is -0.508 e. The van der Waals surface area contributed by atoms with Crippen LogP contribution in [0.5, 0.6) is 5.75 Å². The molecule has 0 amide bonds. The predicted octanol–water partition coefficient (Wildman–Crippen LogP) is 1.04. The Balaban J connectivity index is 2.72. The van der Waals surface area contributed by atoms with Crippen molar-refractivity contribution in [3.8, 4) is 5.75 Å². The molecule has 1 aromatic carbocycles. The van der Waals surface area contributed by atoms with Crippen molar-refractivity contribution in [2.45, 2.75) is 6.54 Å². The molecule has 0 spiro atoms. The van der Waals surface area contributed by atoms with Crippen LogP contribution >= 0.6 is 11.3 Å². The van der Waals surface area contributed by atoms with E-state index in [1.807, 2.05) is 0 Å². The number of nitrogens with two attached hydrogens (primary N) is 2. The fourth-order valence-electron chi connectivity index (χ4n) is 1.19. The molecule has 1 aromatic heterocycles. The summed E-state index contributed by atoms with van der Waals surface area (Å²) in [6.45, 7) is 0.305. The summed E-state index contributed by atoms with van der Waals surface area (Å²) in [7, 11) is 0. The average Bonchev–Trinajstić information content (AvgIpc) is 2.42. The molecule has 0 saturated heterocycles. The Bertz CT molecular complexity index is 452. The molecule has 0 unspecified atom stereocenters. The highest BCUT2D eigenvalue weighted by atomic mass is 32.1. The summed E-state index contributed by atoms with van der Waals surface area (Å²) in [4.78, 5) is 4.09. The quantitative estimate of drug-likeness (QED) is 0.634. The Morgan fingerprint density at radius 1 is 1.46 bits per heavy atom. The molecule has 0 saturated carbocycles. The third-order valence-corrected chi connectivity index (χ3v) is 2.67. The van der Waals surface area contributed by atoms with Crippen molar-refractivity contribution >= 4 is 26.7 Å². The lowest BCUT2D eigenvalue weighted by Gasteiger charge is -1.99. The lowest BCUT2D eigenvalue weighted by Crippen LogP contribution is -1.96. The molecule has 0 aliphatic carbocycles. The molecule has 5 heteroatoms. The smallest absolute Gasteiger partial charge is 0.181 e. The fourth-order valence-corrected chi connectivity index (χ4v) is 1.94. The maximum absolute atomic E-state index is 9.48. The number of rotatable bonds is 1. The van der Waals surface area contributed by atoms with Crippen LogP contribution in [0.3, 0.4) is 0 Å². The molecule has 0 atom stereocenters. The number of thiazole rings is 1. The van der Waals surface area contributed by atoms with E-state index < -0.39 is 0 Å². The van der Waals surface area contributed by atoms with Gasteiger partial charge in [0.1, 0.15) is 5.75 Å². The molecule has 2 aromatic rings. The van der Waals surface area contributed by atoms with Gasteiger partial charge in [0.2, 0.25) is 0 Å². The van der Waals surface area contributed by atoms with E-state index in [0.29, 0.717) is 17.2 Å². The van der Waals surface area contributed by atoms with Crippen LogP contribution in [0, 0.1) is 0 Å². The van der Waals surface area contributed by atoms with Gasteiger partial charge in [0.15, 0.2) is 5.13 Å². The van der Waals surface area contributed by atoms with Crippen molar-refractivity contribution in [2.75, 3.05) is 5.73 Å². The minimum absolute atomic E-state index is 0.207. The summed E-state index contributed by atoms with van der Waals surface area (Å²) in [5.74, 6) is 0.207. The van der Waals surface area contributed by atoms with Crippen molar-refractivity contribution < 1.29 is 5.11 Å². The number of benzene rings is 1. The van der Waals surface area contributed by atoms with E-state index in [2.05, 4.69) is 4.98 Å². The number of aromatic nitrogens is 1. The first kappa shape index (κ1) is 8.28. The zero-order chi connectivity index (χ0) is 9.42. The molecule has 0 aliphatic heterocycles. The molecule has 0 fully saturated rings. The monoisotopic (exact) mass is 195 g/mol. The maximum atomic E-state index is 9.48. The second kappa shape index (κ2) is 2.86. The highest BCUT2D eigenvalue weighted by Crippen LogP contribution is 2.29. The molecule has 0 bridgehead atoms. The first-order valence-electron chi connectivity index (χ1n) is 3.78. The number of nitrogen functional groups attached to an aromatic ring is 1. The number of aromatic hydroxyl groups is 1. The zero-order valence-electron chi connectivity index (χ0n) is 6.82. The van der Waals surface area contributed by atoms with Gasteiger partial charge in [-0.15, -0.1) is 0 Å². The third-order valence-electron chi connectivity index (χ3n) is 1.83. The van der Waals surface area contributed by atoms with Gasteiger partial charge in [-0.3, -0.25) is 0 Å². The predicted molar refractivity (Wildman–Crippen MR) is 53.6 cm³/mol. The summed E-state index contributed by atoms with van der Waals surface area (Å²) in [6.07, 6.45) is 0. The molecular formula is C8H9N3OS. The number of hydrogen-bond donors (Lipinski definition) is 3. The van der Waals surface area contributed by atoms with Gasteiger partial charge < -0.3 is 16.6 Å². The van der Waals surface area contributed by atoms with Gasteiger partial charge in [-0.05, 0) is 12.1 Å².